The van der Waals surface area contributed by atoms with E-state index in [0.29, 0.717) is 35.3 Å². The summed E-state index contributed by atoms with van der Waals surface area (Å²) in [6.45, 7) is 6.99. The van der Waals surface area contributed by atoms with Gasteiger partial charge in [0.15, 0.2) is 0 Å². The van der Waals surface area contributed by atoms with Crippen molar-refractivity contribution >= 4 is 23.7 Å². The molecule has 0 fully saturated rings. The van der Waals surface area contributed by atoms with Crippen molar-refractivity contribution in [2.45, 2.75) is 84.5 Å². The predicted molar refractivity (Wildman–Crippen MR) is 162 cm³/mol. The van der Waals surface area contributed by atoms with Crippen LogP contribution >= 0.6 is 0 Å². The van der Waals surface area contributed by atoms with Gasteiger partial charge in [0.25, 0.3) is 0 Å². The number of aliphatic carboxylic acids is 1. The average Bonchev–Trinajstić information content (AvgIpc) is 3.85. The first-order chi connectivity index (χ1) is 23.4. The highest BCUT2D eigenvalue weighted by Crippen LogP contribution is 2.24. The van der Waals surface area contributed by atoms with Crippen LogP contribution in [0.2, 0.25) is 0 Å². The molecule has 4 rings (SSSR count). The minimum absolute atomic E-state index is 0.0153. The number of aromatic nitrogens is 8. The van der Waals surface area contributed by atoms with E-state index in [0.717, 1.165) is 0 Å². The lowest BCUT2D eigenvalue weighted by Gasteiger charge is -2.23. The molecule has 2 unspecified atom stereocenters. The summed E-state index contributed by atoms with van der Waals surface area (Å²) in [7, 11) is 0. The number of carbonyl (C=O) groups is 4. The van der Waals surface area contributed by atoms with Crippen LogP contribution in [-0.4, -0.2) is 101 Å². The number of nitrogens with one attached hydrogen (secondary N) is 2. The van der Waals surface area contributed by atoms with Gasteiger partial charge in [0, 0.05) is 92.4 Å². The van der Waals surface area contributed by atoms with Crippen molar-refractivity contribution in [3.63, 3.8) is 0 Å². The quantitative estimate of drug-likeness (QED) is 0.117. The maximum atomic E-state index is 13.0. The third kappa shape index (κ3) is 11.9. The van der Waals surface area contributed by atoms with Crippen LogP contribution in [0, 0.1) is 27.7 Å². The van der Waals surface area contributed by atoms with Gasteiger partial charge in [0.1, 0.15) is 0 Å². The number of hydrogen-bond acceptors (Lipinski definition) is 16. The predicted octanol–water partition coefficient (Wildman–Crippen LogP) is 0.901. The third-order valence-corrected chi connectivity index (χ3v) is 7.16. The van der Waals surface area contributed by atoms with Crippen molar-refractivity contribution in [3.8, 4) is 0 Å². The molecule has 20 heteroatoms. The fraction of sp³-hybridized carbons (Fsp3) is 0.586. The normalized spacial score (nSPS) is 12.4. The first-order valence-corrected chi connectivity index (χ1v) is 15.7. The monoisotopic (exact) mass is 685 g/mol. The lowest BCUT2D eigenvalue weighted by atomic mass is 10.0. The van der Waals surface area contributed by atoms with Gasteiger partial charge < -0.3 is 38.3 Å². The number of carbonyl (C=O) groups excluding carboxylic acids is 3. The fourth-order valence-corrected chi connectivity index (χ4v) is 4.87. The summed E-state index contributed by atoms with van der Waals surface area (Å²) in [6.07, 6.45) is 0.295. The number of carboxylic acids is 1. The Morgan fingerprint density at radius 1 is 0.633 bits per heavy atom. The molecule has 49 heavy (non-hydrogen) atoms. The van der Waals surface area contributed by atoms with E-state index in [1.54, 1.807) is 27.7 Å². The Kier molecular flexibility index (Phi) is 13.0. The van der Waals surface area contributed by atoms with E-state index in [4.69, 9.17) is 22.8 Å². The first kappa shape index (κ1) is 36.3. The van der Waals surface area contributed by atoms with Gasteiger partial charge in [-0.3, -0.25) is 19.2 Å². The molecule has 0 saturated carbocycles. The third-order valence-electron chi connectivity index (χ3n) is 7.16. The molecule has 0 saturated heterocycles. The van der Waals surface area contributed by atoms with Crippen molar-refractivity contribution in [2.24, 2.45) is 0 Å². The molecule has 3 amide bonds. The molecule has 0 aromatic carbocycles. The van der Waals surface area contributed by atoms with Gasteiger partial charge >= 0.3 is 5.97 Å². The van der Waals surface area contributed by atoms with Crippen LogP contribution in [0.15, 0.2) is 17.7 Å². The molecule has 0 bridgehead atoms. The van der Waals surface area contributed by atoms with Gasteiger partial charge in [-0.15, -0.1) is 40.8 Å². The minimum Gasteiger partial charge on any atom is -0.481 e. The van der Waals surface area contributed by atoms with Crippen LogP contribution < -0.4 is 10.6 Å². The summed E-state index contributed by atoms with van der Waals surface area (Å²) in [4.78, 5) is 51.4. The van der Waals surface area contributed by atoms with Crippen molar-refractivity contribution in [3.05, 3.63) is 47.1 Å². The largest absolute Gasteiger partial charge is 0.481 e. The number of nitrogens with zero attached hydrogens (tertiary/aromatic N) is 9. The molecule has 0 spiro atoms. The highest BCUT2D eigenvalue weighted by atomic mass is 16.4. The maximum Gasteiger partial charge on any atom is 0.303 e. The van der Waals surface area contributed by atoms with E-state index in [2.05, 4.69) is 51.4 Å². The zero-order valence-electron chi connectivity index (χ0n) is 27.7. The number of aryl methyl sites for hydroxylation is 4. The molecule has 0 aliphatic heterocycles. The summed E-state index contributed by atoms with van der Waals surface area (Å²) >= 11 is 0. The molecule has 3 N–H and O–H groups in total. The van der Waals surface area contributed by atoms with Crippen LogP contribution in [0.25, 0.3) is 0 Å². The molecular weight excluding hydrogens is 646 g/mol. The van der Waals surface area contributed by atoms with Gasteiger partial charge in [-0.05, 0) is 6.42 Å². The average molecular weight is 686 g/mol. The summed E-state index contributed by atoms with van der Waals surface area (Å²) in [5, 5.41) is 46.0. The van der Waals surface area contributed by atoms with Gasteiger partial charge in [-0.2, -0.15) is 0 Å². The van der Waals surface area contributed by atoms with Crippen LogP contribution in [0.5, 0.6) is 0 Å². The Balaban J connectivity index is 1.31. The number of amides is 3. The lowest BCUT2D eigenvalue weighted by molar-refractivity contribution is -0.137. The highest BCUT2D eigenvalue weighted by Gasteiger charge is 2.26. The summed E-state index contributed by atoms with van der Waals surface area (Å²) in [6, 6.07) is 0. The van der Waals surface area contributed by atoms with E-state index in [1.807, 2.05) is 0 Å². The van der Waals surface area contributed by atoms with Crippen molar-refractivity contribution in [1.29, 1.82) is 0 Å². The summed E-state index contributed by atoms with van der Waals surface area (Å²) in [5.74, 6) is -0.520. The Bertz CT molecular complexity index is 1590. The molecule has 4 aromatic rings. The molecule has 0 aliphatic rings. The Labute approximate surface area is 279 Å². The van der Waals surface area contributed by atoms with E-state index in [9.17, 15) is 19.2 Å². The second kappa shape index (κ2) is 17.6. The van der Waals surface area contributed by atoms with Crippen LogP contribution in [-0.2, 0) is 32.0 Å². The molecule has 0 radical (unpaired) electrons. The number of carboxylic acid groups (broad SMARTS) is 1. The second-order valence-corrected chi connectivity index (χ2v) is 11.3. The van der Waals surface area contributed by atoms with Gasteiger partial charge in [-0.1, -0.05) is 0 Å². The van der Waals surface area contributed by atoms with Gasteiger partial charge in [0.2, 0.25) is 64.8 Å². The van der Waals surface area contributed by atoms with Crippen LogP contribution in [0.4, 0.5) is 0 Å². The van der Waals surface area contributed by atoms with Crippen molar-refractivity contribution in [1.82, 2.24) is 56.3 Å². The highest BCUT2D eigenvalue weighted by molar-refractivity contribution is 5.79. The fourth-order valence-electron chi connectivity index (χ4n) is 4.87. The van der Waals surface area contributed by atoms with Gasteiger partial charge in [-0.25, -0.2) is 0 Å². The van der Waals surface area contributed by atoms with E-state index >= 15 is 0 Å². The molecule has 2 atom stereocenters. The standard InChI is InChI=1S/C29H39N11O9/c1-16-32-36-24(46-16)14-20(28-38-34-18(3)48-28)12-22(41)30-8-10-40(26(43)6-5-7-27(44)45)11-9-31-23(42)13-21(29-39-35-19(4)49-29)15-25-37-33-17(2)47-25/h20-21H,5-15H2,1-4H3,(H,30,41)(H,31,42)(H,44,45). The molecule has 264 valence electrons. The molecule has 0 aliphatic carbocycles. The minimum atomic E-state index is -1.01. The lowest BCUT2D eigenvalue weighted by Crippen LogP contribution is -2.43. The van der Waals surface area contributed by atoms with Gasteiger partial charge in [0.05, 0.1) is 11.8 Å². The Morgan fingerprint density at radius 3 is 1.43 bits per heavy atom. The zero-order valence-corrected chi connectivity index (χ0v) is 27.7. The maximum absolute atomic E-state index is 13.0. The Morgan fingerprint density at radius 2 is 1.06 bits per heavy atom. The zero-order chi connectivity index (χ0) is 35.3. The Hall–Kier alpha value is -5.56. The first-order valence-electron chi connectivity index (χ1n) is 15.7. The van der Waals surface area contributed by atoms with E-state index in [1.165, 1.54) is 4.90 Å². The van der Waals surface area contributed by atoms with Crippen molar-refractivity contribution < 1.29 is 42.0 Å². The van der Waals surface area contributed by atoms with E-state index in [-0.39, 0.29) is 101 Å². The topological polar surface area (TPSA) is 271 Å². The van der Waals surface area contributed by atoms with E-state index < -0.39 is 17.8 Å². The molecule has 20 nitrogen and oxygen atoms in total. The summed E-state index contributed by atoms with van der Waals surface area (Å²) in [5.41, 5.74) is 0. The molecule has 4 aromatic heterocycles. The molecule has 4 heterocycles. The van der Waals surface area contributed by atoms with Crippen LogP contribution in [0.1, 0.15) is 91.1 Å². The second-order valence-electron chi connectivity index (χ2n) is 11.3. The SMILES string of the molecule is Cc1nnc(CC(CC(=O)NCCN(CCNC(=O)CC(Cc2nnc(C)o2)c2nnc(C)o2)C(=O)CCCC(=O)O)c2nnc(C)o2)o1. The molecular formula is C29H39N11O9. The smallest absolute Gasteiger partial charge is 0.303 e. The van der Waals surface area contributed by atoms with Crippen molar-refractivity contribution in [2.75, 3.05) is 26.2 Å². The van der Waals surface area contributed by atoms with Crippen LogP contribution in [0.3, 0.4) is 0 Å². The summed E-state index contributed by atoms with van der Waals surface area (Å²) < 4.78 is 22.0. The number of hydrogen-bond donors (Lipinski definition) is 3. The number of rotatable bonds is 20.